The van der Waals surface area contributed by atoms with E-state index in [9.17, 15) is 9.59 Å². The topological polar surface area (TPSA) is 49.4 Å². The van der Waals surface area contributed by atoms with Gasteiger partial charge in [-0.1, -0.05) is 44.8 Å². The highest BCUT2D eigenvalue weighted by Gasteiger charge is 2.21. The van der Waals surface area contributed by atoms with Crippen LogP contribution in [0.3, 0.4) is 0 Å². The Bertz CT molecular complexity index is 588. The van der Waals surface area contributed by atoms with Crippen LogP contribution in [0.25, 0.3) is 0 Å². The maximum Gasteiger partial charge on any atom is 0.229 e. The summed E-state index contributed by atoms with van der Waals surface area (Å²) in [5, 5.41) is 2.85. The van der Waals surface area contributed by atoms with E-state index in [-0.39, 0.29) is 11.7 Å². The van der Waals surface area contributed by atoms with E-state index in [4.69, 9.17) is 12.2 Å². The number of rotatable bonds is 6. The monoisotopic (exact) mass is 366 g/mol. The largest absolute Gasteiger partial charge is 0.358 e. The average molecular weight is 367 g/mol. The van der Waals surface area contributed by atoms with E-state index in [2.05, 4.69) is 10.2 Å². The molecular weight excluding hydrogens is 340 g/mol. The third-order valence-corrected chi connectivity index (χ3v) is 5.02. The summed E-state index contributed by atoms with van der Waals surface area (Å²) in [4.78, 5) is 26.3. The van der Waals surface area contributed by atoms with Gasteiger partial charge in [0.25, 0.3) is 0 Å². The predicted molar refractivity (Wildman–Crippen MR) is 107 cm³/mol. The Hall–Kier alpha value is -1.40. The second-order valence-electron chi connectivity index (χ2n) is 6.43. The Labute approximate surface area is 154 Å². The molecule has 0 radical (unpaired) electrons. The van der Waals surface area contributed by atoms with Crippen molar-refractivity contribution in [3.63, 3.8) is 0 Å². The third kappa shape index (κ3) is 6.24. The van der Waals surface area contributed by atoms with E-state index in [0.29, 0.717) is 17.0 Å². The van der Waals surface area contributed by atoms with Crippen LogP contribution in [-0.4, -0.2) is 39.8 Å². The fourth-order valence-electron chi connectivity index (χ4n) is 1.84. The maximum absolute atomic E-state index is 12.3. The summed E-state index contributed by atoms with van der Waals surface area (Å²) in [6, 6.07) is 6.98. The Balaban J connectivity index is 2.61. The Morgan fingerprint density at radius 3 is 2.12 bits per heavy atom. The van der Waals surface area contributed by atoms with Crippen LogP contribution in [0.1, 0.15) is 45.0 Å². The van der Waals surface area contributed by atoms with E-state index in [1.54, 1.807) is 24.3 Å². The summed E-state index contributed by atoms with van der Waals surface area (Å²) in [7, 11) is 0. The van der Waals surface area contributed by atoms with Gasteiger partial charge >= 0.3 is 0 Å². The lowest BCUT2D eigenvalue weighted by atomic mass is 9.95. The number of amides is 1. The molecule has 24 heavy (non-hydrogen) atoms. The minimum absolute atomic E-state index is 0.0307. The zero-order valence-corrected chi connectivity index (χ0v) is 16.6. The highest BCUT2D eigenvalue weighted by Crippen LogP contribution is 2.19. The normalized spacial score (nSPS) is 11.0. The molecule has 0 aliphatic carbocycles. The molecule has 4 nitrogen and oxygen atoms in total. The molecule has 1 aromatic rings. The van der Waals surface area contributed by atoms with Crippen molar-refractivity contribution in [1.29, 1.82) is 0 Å². The van der Waals surface area contributed by atoms with Crippen LogP contribution in [0.2, 0.25) is 0 Å². The molecule has 1 N–H and O–H groups in total. The number of benzene rings is 1. The molecule has 0 spiro atoms. The van der Waals surface area contributed by atoms with Crippen LogP contribution in [-0.2, 0) is 4.79 Å². The van der Waals surface area contributed by atoms with Gasteiger partial charge in [-0.3, -0.25) is 9.59 Å². The standard InChI is InChI=1S/C18H26N2O2S2/c1-6-20(7-2)17(23)24-12-15(21)13-8-10-14(11-9-13)19-16(22)18(3,4)5/h8-11H,6-7,12H2,1-5H3,(H,19,22). The van der Waals surface area contributed by atoms with Crippen molar-refractivity contribution < 1.29 is 9.59 Å². The molecule has 0 aliphatic rings. The Morgan fingerprint density at radius 2 is 1.67 bits per heavy atom. The number of nitrogens with one attached hydrogen (secondary N) is 1. The van der Waals surface area contributed by atoms with E-state index >= 15 is 0 Å². The Morgan fingerprint density at radius 1 is 1.12 bits per heavy atom. The number of hydrogen-bond acceptors (Lipinski definition) is 4. The summed E-state index contributed by atoms with van der Waals surface area (Å²) in [5.41, 5.74) is 0.863. The highest BCUT2D eigenvalue weighted by atomic mass is 32.2. The summed E-state index contributed by atoms with van der Waals surface area (Å²) >= 11 is 6.73. The van der Waals surface area contributed by atoms with E-state index in [1.165, 1.54) is 11.8 Å². The van der Waals surface area contributed by atoms with Crippen LogP contribution in [0, 0.1) is 5.41 Å². The lowest BCUT2D eigenvalue weighted by Crippen LogP contribution is -2.27. The van der Waals surface area contributed by atoms with Crippen LogP contribution >= 0.6 is 24.0 Å². The first kappa shape index (κ1) is 20.6. The van der Waals surface area contributed by atoms with Gasteiger partial charge in [0, 0.05) is 29.8 Å². The van der Waals surface area contributed by atoms with Crippen LogP contribution < -0.4 is 5.32 Å². The summed E-state index contributed by atoms with van der Waals surface area (Å²) in [6.45, 7) is 11.4. The fraction of sp³-hybridized carbons (Fsp3) is 0.500. The van der Waals surface area contributed by atoms with E-state index < -0.39 is 5.41 Å². The zero-order chi connectivity index (χ0) is 18.3. The van der Waals surface area contributed by atoms with E-state index in [1.807, 2.05) is 34.6 Å². The van der Waals surface area contributed by atoms with Crippen molar-refractivity contribution in [3.05, 3.63) is 29.8 Å². The molecule has 0 heterocycles. The molecule has 0 aliphatic heterocycles. The molecule has 0 saturated carbocycles. The molecule has 0 saturated heterocycles. The van der Waals surface area contributed by atoms with E-state index in [0.717, 1.165) is 17.4 Å². The summed E-state index contributed by atoms with van der Waals surface area (Å²) in [6.07, 6.45) is 0. The van der Waals surface area contributed by atoms with Crippen molar-refractivity contribution in [2.45, 2.75) is 34.6 Å². The zero-order valence-electron chi connectivity index (χ0n) is 15.0. The van der Waals surface area contributed by atoms with Gasteiger partial charge in [-0.2, -0.15) is 0 Å². The number of carbonyl (C=O) groups is 2. The van der Waals surface area contributed by atoms with Crippen molar-refractivity contribution >= 4 is 45.7 Å². The van der Waals surface area contributed by atoms with Gasteiger partial charge < -0.3 is 10.2 Å². The summed E-state index contributed by atoms with van der Waals surface area (Å²) < 4.78 is 0.752. The first-order chi connectivity index (χ1) is 11.2. The molecule has 0 bridgehead atoms. The molecular formula is C18H26N2O2S2. The minimum Gasteiger partial charge on any atom is -0.358 e. The van der Waals surface area contributed by atoms with Crippen molar-refractivity contribution in [3.8, 4) is 0 Å². The number of thiocarbonyl (C=S) groups is 1. The van der Waals surface area contributed by atoms with Crippen molar-refractivity contribution in [1.82, 2.24) is 4.90 Å². The van der Waals surface area contributed by atoms with Gasteiger partial charge in [0.15, 0.2) is 5.78 Å². The Kier molecular flexibility index (Phi) is 7.90. The van der Waals surface area contributed by atoms with Gasteiger partial charge in [-0.25, -0.2) is 0 Å². The maximum atomic E-state index is 12.3. The quantitative estimate of drug-likeness (QED) is 0.603. The number of nitrogens with zero attached hydrogens (tertiary/aromatic N) is 1. The number of carbonyl (C=O) groups excluding carboxylic acids is 2. The van der Waals surface area contributed by atoms with Crippen LogP contribution in [0.15, 0.2) is 24.3 Å². The second kappa shape index (κ2) is 9.18. The lowest BCUT2D eigenvalue weighted by Gasteiger charge is -2.20. The predicted octanol–water partition coefficient (Wildman–Crippen LogP) is 4.21. The van der Waals surface area contributed by atoms with Crippen LogP contribution in [0.4, 0.5) is 5.69 Å². The van der Waals surface area contributed by atoms with Crippen LogP contribution in [0.5, 0.6) is 0 Å². The molecule has 0 atom stereocenters. The fourth-order valence-corrected chi connectivity index (χ4v) is 3.14. The van der Waals surface area contributed by atoms with Gasteiger partial charge in [-0.05, 0) is 38.1 Å². The minimum atomic E-state index is -0.453. The number of Topliss-reactive ketones (excluding diaryl/α,β-unsaturated/α-hetero) is 1. The molecule has 0 unspecified atom stereocenters. The second-order valence-corrected chi connectivity index (χ2v) is 8.04. The molecule has 0 fully saturated rings. The van der Waals surface area contributed by atoms with Crippen molar-refractivity contribution in [2.24, 2.45) is 5.41 Å². The molecule has 1 amide bonds. The van der Waals surface area contributed by atoms with Crippen molar-refractivity contribution in [2.75, 3.05) is 24.2 Å². The first-order valence-corrected chi connectivity index (χ1v) is 9.44. The molecule has 0 aromatic heterocycles. The molecule has 132 valence electrons. The summed E-state index contributed by atoms with van der Waals surface area (Å²) in [5.74, 6) is 0.299. The number of thioether (sulfide) groups is 1. The molecule has 6 heteroatoms. The average Bonchev–Trinajstić information content (AvgIpc) is 2.53. The first-order valence-electron chi connectivity index (χ1n) is 8.05. The number of anilines is 1. The molecule has 1 rings (SSSR count). The van der Waals surface area contributed by atoms with Gasteiger partial charge in [0.2, 0.25) is 5.91 Å². The molecule has 1 aromatic carbocycles. The smallest absolute Gasteiger partial charge is 0.229 e. The number of ketones is 1. The number of hydrogen-bond donors (Lipinski definition) is 1. The SMILES string of the molecule is CCN(CC)C(=S)SCC(=O)c1ccc(NC(=O)C(C)(C)C)cc1. The van der Waals surface area contributed by atoms with Gasteiger partial charge in [0.05, 0.1) is 5.75 Å². The van der Waals surface area contributed by atoms with Gasteiger partial charge in [-0.15, -0.1) is 0 Å². The highest BCUT2D eigenvalue weighted by molar-refractivity contribution is 8.23. The lowest BCUT2D eigenvalue weighted by molar-refractivity contribution is -0.123. The van der Waals surface area contributed by atoms with Gasteiger partial charge in [0.1, 0.15) is 4.32 Å². The third-order valence-electron chi connectivity index (χ3n) is 3.49.